The lowest BCUT2D eigenvalue weighted by atomic mass is 9.64. The third-order valence-electron chi connectivity index (χ3n) is 6.89. The van der Waals surface area contributed by atoms with E-state index in [1.165, 1.54) is 41.5 Å². The van der Waals surface area contributed by atoms with Crippen molar-refractivity contribution in [1.82, 2.24) is 24.9 Å². The molecule has 3 aliphatic rings. The summed E-state index contributed by atoms with van der Waals surface area (Å²) in [6, 6.07) is 5.94. The predicted octanol–water partition coefficient (Wildman–Crippen LogP) is 4.17. The molecule has 0 spiro atoms. The maximum absolute atomic E-state index is 14.2. The number of halogens is 4. The van der Waals surface area contributed by atoms with Crippen LogP contribution in [0.5, 0.6) is 0 Å². The molecule has 4 heterocycles. The van der Waals surface area contributed by atoms with Crippen LogP contribution in [-0.4, -0.2) is 49.4 Å². The van der Waals surface area contributed by atoms with E-state index in [-0.39, 0.29) is 29.5 Å². The van der Waals surface area contributed by atoms with Gasteiger partial charge in [0, 0.05) is 18.8 Å². The van der Waals surface area contributed by atoms with Crippen LogP contribution in [0.25, 0.3) is 5.69 Å². The van der Waals surface area contributed by atoms with Gasteiger partial charge in [0.2, 0.25) is 0 Å². The van der Waals surface area contributed by atoms with Crippen molar-refractivity contribution in [2.75, 3.05) is 11.9 Å². The standard InChI is InChI=1S/C23H22F4N6O/c1-13-14-8-17(9-14)32(20(13)12-29-21-5-2-15(11-28-21)23(25,26)27)22(34)18-10-16(24)3-4-19(18)33-30-6-7-31-33/h2-7,10-11,13-14,17,20H,8-9,12H2,1H3,(H,28,29). The summed E-state index contributed by atoms with van der Waals surface area (Å²) in [4.78, 5) is 20.7. The van der Waals surface area contributed by atoms with Crippen LogP contribution in [0.4, 0.5) is 23.4 Å². The number of alkyl halides is 3. The Labute approximate surface area is 192 Å². The molecule has 34 heavy (non-hydrogen) atoms. The number of benzene rings is 1. The summed E-state index contributed by atoms with van der Waals surface area (Å²) in [6.45, 7) is 2.37. The zero-order chi connectivity index (χ0) is 24.0. The number of amides is 1. The number of piperidine rings is 2. The van der Waals surface area contributed by atoms with Gasteiger partial charge in [0.05, 0.1) is 35.2 Å². The smallest absolute Gasteiger partial charge is 0.368 e. The largest absolute Gasteiger partial charge is 0.417 e. The van der Waals surface area contributed by atoms with Crippen LogP contribution >= 0.6 is 0 Å². The Morgan fingerprint density at radius 2 is 1.88 bits per heavy atom. The molecule has 11 heteroatoms. The molecule has 1 aliphatic carbocycles. The highest BCUT2D eigenvalue weighted by molar-refractivity contribution is 5.98. The van der Waals surface area contributed by atoms with Gasteiger partial charge in [0.1, 0.15) is 11.6 Å². The molecule has 1 N–H and O–H groups in total. The highest BCUT2D eigenvalue weighted by Gasteiger charge is 2.50. The van der Waals surface area contributed by atoms with Crippen LogP contribution in [0.3, 0.4) is 0 Å². The van der Waals surface area contributed by atoms with Crippen LogP contribution in [0.2, 0.25) is 0 Å². The predicted molar refractivity (Wildman–Crippen MR) is 115 cm³/mol. The lowest BCUT2D eigenvalue weighted by molar-refractivity contribution is -0.137. The number of hydrogen-bond donors (Lipinski definition) is 1. The monoisotopic (exact) mass is 474 g/mol. The van der Waals surface area contributed by atoms with E-state index in [1.807, 2.05) is 0 Å². The highest BCUT2D eigenvalue weighted by atomic mass is 19.4. The van der Waals surface area contributed by atoms with E-state index in [2.05, 4.69) is 27.4 Å². The molecule has 0 radical (unpaired) electrons. The third kappa shape index (κ3) is 3.99. The van der Waals surface area contributed by atoms with Crippen molar-refractivity contribution in [3.05, 3.63) is 65.9 Å². The first-order valence-electron chi connectivity index (χ1n) is 11.0. The summed E-state index contributed by atoms with van der Waals surface area (Å²) in [5.41, 5.74) is -0.291. The summed E-state index contributed by atoms with van der Waals surface area (Å²) >= 11 is 0. The van der Waals surface area contributed by atoms with Gasteiger partial charge in [-0.25, -0.2) is 9.37 Å². The summed E-state index contributed by atoms with van der Waals surface area (Å²) < 4.78 is 52.6. The average molecular weight is 474 g/mol. The van der Waals surface area contributed by atoms with E-state index in [4.69, 9.17) is 0 Å². The lowest BCUT2D eigenvalue weighted by Gasteiger charge is -2.57. The Kier molecular flexibility index (Phi) is 5.49. The molecule has 2 aromatic heterocycles. The lowest BCUT2D eigenvalue weighted by Crippen LogP contribution is -2.64. The van der Waals surface area contributed by atoms with E-state index >= 15 is 0 Å². The van der Waals surface area contributed by atoms with Gasteiger partial charge < -0.3 is 10.2 Å². The van der Waals surface area contributed by atoms with Crippen molar-refractivity contribution in [3.8, 4) is 5.69 Å². The summed E-state index contributed by atoms with van der Waals surface area (Å²) in [5.74, 6) is 0.0318. The minimum absolute atomic E-state index is 0.0164. The molecule has 178 valence electrons. The zero-order valence-electron chi connectivity index (χ0n) is 18.2. The van der Waals surface area contributed by atoms with Crippen molar-refractivity contribution < 1.29 is 22.4 Å². The number of hydrogen-bond acceptors (Lipinski definition) is 5. The van der Waals surface area contributed by atoms with Gasteiger partial charge >= 0.3 is 6.18 Å². The number of anilines is 1. The summed E-state index contributed by atoms with van der Waals surface area (Å²) in [6.07, 6.45) is 1.00. The molecule has 3 aromatic rings. The molecule has 2 atom stereocenters. The van der Waals surface area contributed by atoms with Crippen LogP contribution in [0.15, 0.2) is 48.9 Å². The van der Waals surface area contributed by atoms with E-state index in [0.717, 1.165) is 25.1 Å². The summed E-state index contributed by atoms with van der Waals surface area (Å²) in [5, 5.41) is 11.2. The first kappa shape index (κ1) is 22.3. The number of pyridine rings is 1. The van der Waals surface area contributed by atoms with Gasteiger partial charge in [0.15, 0.2) is 0 Å². The van der Waals surface area contributed by atoms with Crippen LogP contribution in [0, 0.1) is 17.7 Å². The normalized spacial score (nSPS) is 24.0. The first-order valence-corrected chi connectivity index (χ1v) is 11.0. The summed E-state index contributed by atoms with van der Waals surface area (Å²) in [7, 11) is 0. The Bertz CT molecular complexity index is 1180. The molecule has 1 amide bonds. The van der Waals surface area contributed by atoms with Crippen LogP contribution < -0.4 is 5.32 Å². The maximum Gasteiger partial charge on any atom is 0.417 e. The molecular weight excluding hydrogens is 452 g/mol. The second kappa shape index (κ2) is 8.37. The topological polar surface area (TPSA) is 75.9 Å². The molecular formula is C23H22F4N6O. The van der Waals surface area contributed by atoms with Gasteiger partial charge in [-0.05, 0) is 55.0 Å². The van der Waals surface area contributed by atoms with Crippen molar-refractivity contribution in [2.24, 2.45) is 11.8 Å². The molecule has 2 aliphatic heterocycles. The Hall–Kier alpha value is -3.50. The minimum atomic E-state index is -4.46. The average Bonchev–Trinajstić information content (AvgIpc) is 3.31. The fourth-order valence-corrected chi connectivity index (χ4v) is 4.93. The number of carbonyl (C=O) groups is 1. The van der Waals surface area contributed by atoms with Crippen molar-refractivity contribution >= 4 is 11.7 Å². The van der Waals surface area contributed by atoms with E-state index in [0.29, 0.717) is 24.0 Å². The fraction of sp³-hybridized carbons (Fsp3) is 0.391. The number of nitrogens with one attached hydrogen (secondary N) is 1. The number of fused-ring (bicyclic) bond motifs is 2. The first-order chi connectivity index (χ1) is 16.2. The quantitative estimate of drug-likeness (QED) is 0.562. The highest BCUT2D eigenvalue weighted by Crippen LogP contribution is 2.47. The molecule has 7 nitrogen and oxygen atoms in total. The molecule has 6 rings (SSSR count). The van der Waals surface area contributed by atoms with Gasteiger partial charge in [-0.3, -0.25) is 4.79 Å². The van der Waals surface area contributed by atoms with Crippen LogP contribution in [-0.2, 0) is 6.18 Å². The van der Waals surface area contributed by atoms with Gasteiger partial charge in [-0.15, -0.1) is 0 Å². The SMILES string of the molecule is CC1C2CC(C2)N(C(=O)c2cc(F)ccc2-n2nccn2)C1CNc1ccc(C(F)(F)F)cn1. The maximum atomic E-state index is 14.2. The van der Waals surface area contributed by atoms with Crippen LogP contribution in [0.1, 0.15) is 35.7 Å². The van der Waals surface area contributed by atoms with Gasteiger partial charge in [-0.1, -0.05) is 6.92 Å². The van der Waals surface area contributed by atoms with Crippen molar-refractivity contribution in [1.29, 1.82) is 0 Å². The molecule has 2 saturated heterocycles. The van der Waals surface area contributed by atoms with Crippen molar-refractivity contribution in [2.45, 2.75) is 38.0 Å². The van der Waals surface area contributed by atoms with Gasteiger partial charge in [-0.2, -0.15) is 28.2 Å². The Balaban J connectivity index is 1.40. The minimum Gasteiger partial charge on any atom is -0.368 e. The molecule has 2 unspecified atom stereocenters. The van der Waals surface area contributed by atoms with E-state index in [9.17, 15) is 22.4 Å². The van der Waals surface area contributed by atoms with Gasteiger partial charge in [0.25, 0.3) is 5.91 Å². The zero-order valence-corrected chi connectivity index (χ0v) is 18.2. The second-order valence-electron chi connectivity index (χ2n) is 8.81. The molecule has 3 fully saturated rings. The Morgan fingerprint density at radius 3 is 2.53 bits per heavy atom. The molecule has 1 aromatic carbocycles. The molecule has 1 saturated carbocycles. The second-order valence-corrected chi connectivity index (χ2v) is 8.81. The fourth-order valence-electron chi connectivity index (χ4n) is 4.93. The Morgan fingerprint density at radius 1 is 1.15 bits per heavy atom. The van der Waals surface area contributed by atoms with E-state index < -0.39 is 17.6 Å². The third-order valence-corrected chi connectivity index (χ3v) is 6.89. The number of rotatable bonds is 5. The number of carbonyl (C=O) groups excluding carboxylic acids is 1. The molecule has 2 bridgehead atoms. The number of nitrogens with zero attached hydrogens (tertiary/aromatic N) is 5. The van der Waals surface area contributed by atoms with Crippen molar-refractivity contribution in [3.63, 3.8) is 0 Å². The number of aromatic nitrogens is 4. The van der Waals surface area contributed by atoms with E-state index in [1.54, 1.807) is 4.90 Å².